The highest BCUT2D eigenvalue weighted by Crippen LogP contribution is 2.29. The summed E-state index contributed by atoms with van der Waals surface area (Å²) in [4.78, 5) is 63.9. The molecular formula is C26H32N8O5. The fourth-order valence-electron chi connectivity index (χ4n) is 5.05. The lowest BCUT2D eigenvalue weighted by molar-refractivity contribution is -0.136. The quantitative estimate of drug-likeness (QED) is 0.284. The molecule has 13 heteroatoms. The molecule has 1 aromatic heterocycles. The number of nitrogens with one attached hydrogen (secondary N) is 2. The van der Waals surface area contributed by atoms with Gasteiger partial charge in [-0.25, -0.2) is 9.97 Å². The van der Waals surface area contributed by atoms with Crippen molar-refractivity contribution in [1.82, 2.24) is 25.1 Å². The third-order valence-electron chi connectivity index (χ3n) is 7.17. The molecule has 0 aliphatic carbocycles. The number of anilines is 2. The summed E-state index contributed by atoms with van der Waals surface area (Å²) in [6.07, 6.45) is 3.79. The lowest BCUT2D eigenvalue weighted by Crippen LogP contribution is -2.52. The summed E-state index contributed by atoms with van der Waals surface area (Å²) >= 11 is 0. The van der Waals surface area contributed by atoms with Crippen LogP contribution < -0.4 is 21.3 Å². The number of piperidine rings is 1. The van der Waals surface area contributed by atoms with Crippen LogP contribution >= 0.6 is 0 Å². The molecule has 0 saturated carbocycles. The van der Waals surface area contributed by atoms with Crippen molar-refractivity contribution in [3.05, 3.63) is 47.5 Å². The number of nitrogens with two attached hydrogens (primary N) is 1. The summed E-state index contributed by atoms with van der Waals surface area (Å²) in [6, 6.07) is 4.29. The van der Waals surface area contributed by atoms with Gasteiger partial charge in [0, 0.05) is 63.5 Å². The summed E-state index contributed by atoms with van der Waals surface area (Å²) in [5.41, 5.74) is 7.97. The summed E-state index contributed by atoms with van der Waals surface area (Å²) in [5.74, 6) is -1.48. The minimum atomic E-state index is -0.689. The topological polar surface area (TPSA) is 163 Å². The highest BCUT2D eigenvalue weighted by Gasteiger charge is 2.39. The molecule has 4 N–H and O–H groups in total. The Hall–Kier alpha value is -3.94. The Balaban J connectivity index is 1.15. The minimum absolute atomic E-state index is 0.0381. The largest absolute Gasteiger partial charge is 0.379 e. The molecule has 39 heavy (non-hydrogen) atoms. The van der Waals surface area contributed by atoms with Crippen molar-refractivity contribution in [2.45, 2.75) is 25.4 Å². The molecule has 3 aliphatic rings. The first-order valence-electron chi connectivity index (χ1n) is 13.1. The predicted octanol–water partition coefficient (Wildman–Crippen LogP) is -0.413. The number of benzene rings is 1. The smallest absolute Gasteiger partial charge is 0.293 e. The van der Waals surface area contributed by atoms with Crippen LogP contribution in [-0.4, -0.2) is 102 Å². The predicted molar refractivity (Wildman–Crippen MR) is 141 cm³/mol. The van der Waals surface area contributed by atoms with E-state index in [0.29, 0.717) is 43.0 Å². The number of carbonyl (C=O) groups is 4. The zero-order valence-electron chi connectivity index (χ0n) is 21.6. The van der Waals surface area contributed by atoms with Gasteiger partial charge in [-0.05, 0) is 30.2 Å². The second kappa shape index (κ2) is 11.8. The zero-order chi connectivity index (χ0) is 27.4. The zero-order valence-corrected chi connectivity index (χ0v) is 21.6. The van der Waals surface area contributed by atoms with Crippen molar-refractivity contribution in [3.63, 3.8) is 0 Å². The number of piperazine rings is 1. The van der Waals surface area contributed by atoms with Gasteiger partial charge in [0.05, 0.1) is 31.3 Å². The molecule has 0 spiro atoms. The SMILES string of the molecule is NCCOCCN1CCN(c2cnc(C(=O)Nc3ccc4c(c3)CN(C3CCC(=O)NC3=O)C4=O)nc2)CC1. The lowest BCUT2D eigenvalue weighted by Gasteiger charge is -2.35. The molecular weight excluding hydrogens is 504 g/mol. The number of amides is 4. The number of ether oxygens (including phenoxy) is 1. The first-order valence-corrected chi connectivity index (χ1v) is 13.1. The first-order chi connectivity index (χ1) is 18.9. The van der Waals surface area contributed by atoms with Crippen molar-refractivity contribution in [1.29, 1.82) is 0 Å². The standard InChI is InChI=1S/C26H32N8O5/c27-5-11-39-12-10-32-6-8-33(9-7-32)19-14-28-23(29-15-19)25(37)30-18-1-2-20-17(13-18)16-34(26(20)38)21-3-4-22(35)31-24(21)36/h1-2,13-15,21H,3-12,16,27H2,(H,30,37)(H,31,35,36). The van der Waals surface area contributed by atoms with Crippen LogP contribution in [0.15, 0.2) is 30.6 Å². The Morgan fingerprint density at radius 1 is 1.10 bits per heavy atom. The second-order valence-corrected chi connectivity index (χ2v) is 9.72. The van der Waals surface area contributed by atoms with Gasteiger partial charge in [0.15, 0.2) is 0 Å². The fourth-order valence-corrected chi connectivity index (χ4v) is 5.05. The molecule has 1 aromatic carbocycles. The van der Waals surface area contributed by atoms with E-state index in [1.54, 1.807) is 30.6 Å². The van der Waals surface area contributed by atoms with E-state index in [9.17, 15) is 19.2 Å². The highest BCUT2D eigenvalue weighted by molar-refractivity contribution is 6.06. The minimum Gasteiger partial charge on any atom is -0.379 e. The van der Waals surface area contributed by atoms with E-state index < -0.39 is 17.9 Å². The summed E-state index contributed by atoms with van der Waals surface area (Å²) in [7, 11) is 0. The van der Waals surface area contributed by atoms with E-state index in [1.807, 2.05) is 0 Å². The lowest BCUT2D eigenvalue weighted by atomic mass is 10.0. The summed E-state index contributed by atoms with van der Waals surface area (Å²) in [5, 5.41) is 5.08. The number of rotatable bonds is 9. The Kier molecular flexibility index (Phi) is 8.10. The van der Waals surface area contributed by atoms with Gasteiger partial charge in [0.25, 0.3) is 11.8 Å². The van der Waals surface area contributed by atoms with Crippen LogP contribution in [0.2, 0.25) is 0 Å². The average molecular weight is 537 g/mol. The van der Waals surface area contributed by atoms with Crippen molar-refractivity contribution < 1.29 is 23.9 Å². The Morgan fingerprint density at radius 3 is 2.59 bits per heavy atom. The van der Waals surface area contributed by atoms with Gasteiger partial charge >= 0.3 is 0 Å². The van der Waals surface area contributed by atoms with Gasteiger partial charge in [-0.2, -0.15) is 0 Å². The van der Waals surface area contributed by atoms with Crippen LogP contribution in [0.3, 0.4) is 0 Å². The van der Waals surface area contributed by atoms with Crippen LogP contribution in [0.5, 0.6) is 0 Å². The van der Waals surface area contributed by atoms with E-state index >= 15 is 0 Å². The molecule has 1 unspecified atom stereocenters. The molecule has 0 radical (unpaired) electrons. The molecule has 1 atom stereocenters. The summed E-state index contributed by atoms with van der Waals surface area (Å²) in [6.45, 7) is 6.33. The van der Waals surface area contributed by atoms with Crippen LogP contribution in [0.1, 0.15) is 39.4 Å². The fraction of sp³-hybridized carbons (Fsp3) is 0.462. The molecule has 0 bridgehead atoms. The van der Waals surface area contributed by atoms with Gasteiger partial charge in [0.2, 0.25) is 17.6 Å². The Morgan fingerprint density at radius 2 is 1.87 bits per heavy atom. The number of fused-ring (bicyclic) bond motifs is 1. The molecule has 13 nitrogen and oxygen atoms in total. The maximum atomic E-state index is 12.9. The number of imide groups is 1. The Labute approximate surface area is 225 Å². The van der Waals surface area contributed by atoms with Crippen LogP contribution in [0.4, 0.5) is 11.4 Å². The summed E-state index contributed by atoms with van der Waals surface area (Å²) < 4.78 is 5.46. The normalized spacial score (nSPS) is 19.7. The van der Waals surface area contributed by atoms with E-state index in [1.165, 1.54) is 4.90 Å². The molecule has 2 fully saturated rings. The number of carbonyl (C=O) groups excluding carboxylic acids is 4. The van der Waals surface area contributed by atoms with Gasteiger partial charge in [0.1, 0.15) is 6.04 Å². The Bertz CT molecular complexity index is 1250. The second-order valence-electron chi connectivity index (χ2n) is 9.72. The molecule has 5 rings (SSSR count). The van der Waals surface area contributed by atoms with Crippen LogP contribution in [-0.2, 0) is 20.9 Å². The van der Waals surface area contributed by atoms with Gasteiger partial charge in [-0.1, -0.05) is 0 Å². The van der Waals surface area contributed by atoms with Gasteiger partial charge < -0.3 is 25.6 Å². The van der Waals surface area contributed by atoms with Crippen LogP contribution in [0.25, 0.3) is 0 Å². The third kappa shape index (κ3) is 6.05. The first kappa shape index (κ1) is 26.7. The number of hydrogen-bond acceptors (Lipinski definition) is 10. The molecule has 4 amide bonds. The van der Waals surface area contributed by atoms with Gasteiger partial charge in [-0.3, -0.25) is 29.4 Å². The third-order valence-corrected chi connectivity index (χ3v) is 7.17. The van der Waals surface area contributed by atoms with Crippen LogP contribution in [0, 0.1) is 0 Å². The maximum Gasteiger partial charge on any atom is 0.293 e. The van der Waals surface area contributed by atoms with E-state index in [2.05, 4.69) is 30.4 Å². The molecule has 2 aromatic rings. The molecule has 2 saturated heterocycles. The molecule has 4 heterocycles. The van der Waals surface area contributed by atoms with Crippen molar-refractivity contribution in [2.24, 2.45) is 5.73 Å². The van der Waals surface area contributed by atoms with Crippen molar-refractivity contribution in [3.8, 4) is 0 Å². The van der Waals surface area contributed by atoms with Crippen molar-refractivity contribution >= 4 is 35.0 Å². The highest BCUT2D eigenvalue weighted by atomic mass is 16.5. The van der Waals surface area contributed by atoms with E-state index in [-0.39, 0.29) is 30.6 Å². The number of aromatic nitrogens is 2. The molecule has 3 aliphatic heterocycles. The van der Waals surface area contributed by atoms with Crippen molar-refractivity contribution in [2.75, 3.05) is 62.7 Å². The number of nitrogens with zero attached hydrogens (tertiary/aromatic N) is 5. The monoisotopic (exact) mass is 536 g/mol. The molecule has 206 valence electrons. The number of hydrogen-bond donors (Lipinski definition) is 3. The van der Waals surface area contributed by atoms with E-state index in [0.717, 1.165) is 38.4 Å². The average Bonchev–Trinajstić information content (AvgIpc) is 3.26. The van der Waals surface area contributed by atoms with E-state index in [4.69, 9.17) is 10.5 Å². The maximum absolute atomic E-state index is 12.9. The van der Waals surface area contributed by atoms with Gasteiger partial charge in [-0.15, -0.1) is 0 Å².